The third kappa shape index (κ3) is 4.62. The summed E-state index contributed by atoms with van der Waals surface area (Å²) in [5.41, 5.74) is 0.358. The van der Waals surface area contributed by atoms with Gasteiger partial charge in [0.15, 0.2) is 5.17 Å². The molecule has 1 heterocycles. The molecule has 2 fully saturated rings. The molecule has 0 aromatic carbocycles. The van der Waals surface area contributed by atoms with Crippen LogP contribution in [0.2, 0.25) is 0 Å². The van der Waals surface area contributed by atoms with Crippen LogP contribution in [0.4, 0.5) is 0 Å². The van der Waals surface area contributed by atoms with Crippen molar-refractivity contribution >= 4 is 16.9 Å². The Kier molecular flexibility index (Phi) is 6.01. The summed E-state index contributed by atoms with van der Waals surface area (Å²) < 4.78 is 0. The lowest BCUT2D eigenvalue weighted by Crippen LogP contribution is -2.47. The minimum atomic E-state index is 0.358. The van der Waals surface area contributed by atoms with Crippen LogP contribution in [0.1, 0.15) is 60.3 Å². The maximum atomic E-state index is 4.83. The Balaban J connectivity index is 1.83. The summed E-state index contributed by atoms with van der Waals surface area (Å²) in [6.07, 6.45) is 5.42. The summed E-state index contributed by atoms with van der Waals surface area (Å²) in [5, 5.41) is 4.95. The monoisotopic (exact) mass is 311 g/mol. The van der Waals surface area contributed by atoms with E-state index in [9.17, 15) is 0 Å². The summed E-state index contributed by atoms with van der Waals surface area (Å²) in [6, 6.07) is 1.19. The van der Waals surface area contributed by atoms with Crippen LogP contribution in [-0.2, 0) is 0 Å². The van der Waals surface area contributed by atoms with Crippen molar-refractivity contribution in [2.24, 2.45) is 10.9 Å². The van der Waals surface area contributed by atoms with E-state index in [2.05, 4.69) is 44.8 Å². The van der Waals surface area contributed by atoms with Crippen molar-refractivity contribution in [3.8, 4) is 0 Å². The molecular weight excluding hydrogens is 278 g/mol. The summed E-state index contributed by atoms with van der Waals surface area (Å²) >= 11 is 1.94. The number of nitrogens with one attached hydrogen (secondary N) is 1. The van der Waals surface area contributed by atoms with Gasteiger partial charge in [-0.05, 0) is 46.5 Å². The fourth-order valence-corrected chi connectivity index (χ4v) is 5.09. The largest absolute Gasteiger partial charge is 0.359 e. The SMILES string of the molecule is CC1CCCC2(CSC(=NCCN(C(C)C)C(C)C)N2)C1. The van der Waals surface area contributed by atoms with Gasteiger partial charge in [0, 0.05) is 29.9 Å². The molecule has 0 aromatic heterocycles. The first-order valence-electron chi connectivity index (χ1n) is 8.63. The summed E-state index contributed by atoms with van der Waals surface area (Å²) in [7, 11) is 0. The van der Waals surface area contributed by atoms with Gasteiger partial charge in [0.2, 0.25) is 0 Å². The van der Waals surface area contributed by atoms with Gasteiger partial charge in [-0.3, -0.25) is 9.89 Å². The highest BCUT2D eigenvalue weighted by atomic mass is 32.2. The zero-order valence-corrected chi connectivity index (χ0v) is 15.3. The number of nitrogens with zero attached hydrogens (tertiary/aromatic N) is 2. The molecule has 2 atom stereocenters. The predicted octanol–water partition coefficient (Wildman–Crippen LogP) is 3.75. The Hall–Kier alpha value is -0.220. The topological polar surface area (TPSA) is 27.6 Å². The fraction of sp³-hybridized carbons (Fsp3) is 0.941. The lowest BCUT2D eigenvalue weighted by molar-refractivity contribution is 0.181. The number of aliphatic imine (C=N–C) groups is 1. The molecule has 2 rings (SSSR count). The van der Waals surface area contributed by atoms with E-state index in [4.69, 9.17) is 4.99 Å². The Bertz CT molecular complexity index is 359. The second kappa shape index (κ2) is 7.36. The summed E-state index contributed by atoms with van der Waals surface area (Å²) in [4.78, 5) is 7.35. The van der Waals surface area contributed by atoms with E-state index in [1.165, 1.54) is 36.6 Å². The molecule has 0 bridgehead atoms. The molecule has 0 amide bonds. The molecule has 1 saturated carbocycles. The molecule has 3 nitrogen and oxygen atoms in total. The molecule has 122 valence electrons. The molecule has 0 aromatic rings. The Morgan fingerprint density at radius 1 is 1.33 bits per heavy atom. The first-order chi connectivity index (χ1) is 9.92. The molecule has 1 saturated heterocycles. The highest BCUT2D eigenvalue weighted by molar-refractivity contribution is 8.14. The van der Waals surface area contributed by atoms with E-state index in [1.54, 1.807) is 0 Å². The summed E-state index contributed by atoms with van der Waals surface area (Å²) in [5.74, 6) is 2.08. The maximum absolute atomic E-state index is 4.83. The van der Waals surface area contributed by atoms with Crippen LogP contribution < -0.4 is 5.32 Å². The van der Waals surface area contributed by atoms with Gasteiger partial charge >= 0.3 is 0 Å². The molecule has 1 aliphatic heterocycles. The average molecular weight is 312 g/mol. The Morgan fingerprint density at radius 2 is 2.05 bits per heavy atom. The molecule has 21 heavy (non-hydrogen) atoms. The minimum Gasteiger partial charge on any atom is -0.359 e. The van der Waals surface area contributed by atoms with Gasteiger partial charge in [-0.2, -0.15) is 0 Å². The second-order valence-electron chi connectivity index (χ2n) is 7.51. The van der Waals surface area contributed by atoms with Gasteiger partial charge in [0.05, 0.1) is 6.54 Å². The number of thioether (sulfide) groups is 1. The number of amidine groups is 1. The molecular formula is C17H33N3S. The van der Waals surface area contributed by atoms with E-state index >= 15 is 0 Å². The van der Waals surface area contributed by atoms with Crippen LogP contribution in [-0.4, -0.2) is 46.5 Å². The molecule has 2 aliphatic rings. The third-order valence-electron chi connectivity index (χ3n) is 4.89. The van der Waals surface area contributed by atoms with Gasteiger partial charge in [-0.25, -0.2) is 0 Å². The van der Waals surface area contributed by atoms with E-state index < -0.39 is 0 Å². The lowest BCUT2D eigenvalue weighted by Gasteiger charge is -2.36. The van der Waals surface area contributed by atoms with Crippen molar-refractivity contribution in [1.82, 2.24) is 10.2 Å². The second-order valence-corrected chi connectivity index (χ2v) is 8.47. The normalized spacial score (nSPS) is 31.8. The number of hydrogen-bond acceptors (Lipinski definition) is 3. The molecule has 0 radical (unpaired) electrons. The number of hydrogen-bond donors (Lipinski definition) is 1. The van der Waals surface area contributed by atoms with Crippen molar-refractivity contribution in [1.29, 1.82) is 0 Å². The fourth-order valence-electron chi connectivity index (χ4n) is 3.88. The minimum absolute atomic E-state index is 0.358. The zero-order valence-electron chi connectivity index (χ0n) is 14.5. The van der Waals surface area contributed by atoms with Crippen molar-refractivity contribution in [2.75, 3.05) is 18.8 Å². The maximum Gasteiger partial charge on any atom is 0.157 e. The summed E-state index contributed by atoms with van der Waals surface area (Å²) in [6.45, 7) is 13.5. The van der Waals surface area contributed by atoms with E-state index in [1.807, 2.05) is 11.8 Å². The average Bonchev–Trinajstić information content (AvgIpc) is 2.76. The molecule has 4 heteroatoms. The molecule has 1 N–H and O–H groups in total. The Labute approximate surface area is 135 Å². The van der Waals surface area contributed by atoms with Gasteiger partial charge in [0.1, 0.15) is 0 Å². The molecule has 2 unspecified atom stereocenters. The van der Waals surface area contributed by atoms with Crippen molar-refractivity contribution in [3.05, 3.63) is 0 Å². The van der Waals surface area contributed by atoms with Crippen molar-refractivity contribution < 1.29 is 0 Å². The van der Waals surface area contributed by atoms with Gasteiger partial charge in [-0.1, -0.05) is 31.5 Å². The van der Waals surface area contributed by atoms with Crippen LogP contribution in [0.5, 0.6) is 0 Å². The van der Waals surface area contributed by atoms with Crippen LogP contribution in [0.3, 0.4) is 0 Å². The Morgan fingerprint density at radius 3 is 2.67 bits per heavy atom. The highest BCUT2D eigenvalue weighted by Crippen LogP contribution is 2.38. The predicted molar refractivity (Wildman–Crippen MR) is 95.2 cm³/mol. The van der Waals surface area contributed by atoms with Gasteiger partial charge < -0.3 is 5.32 Å². The quantitative estimate of drug-likeness (QED) is 0.838. The van der Waals surface area contributed by atoms with Crippen LogP contribution >= 0.6 is 11.8 Å². The smallest absolute Gasteiger partial charge is 0.157 e. The molecule has 1 spiro atoms. The standard InChI is InChI=1S/C17H33N3S/c1-13(2)20(14(3)4)10-9-18-16-19-17(12-21-16)8-6-7-15(5)11-17/h13-15H,6-12H2,1-5H3,(H,18,19). The highest BCUT2D eigenvalue weighted by Gasteiger charge is 2.40. The first kappa shape index (κ1) is 17.1. The van der Waals surface area contributed by atoms with Crippen molar-refractivity contribution in [3.63, 3.8) is 0 Å². The van der Waals surface area contributed by atoms with E-state index in [0.29, 0.717) is 17.6 Å². The number of rotatable bonds is 5. The first-order valence-corrected chi connectivity index (χ1v) is 9.61. The van der Waals surface area contributed by atoms with Crippen LogP contribution in [0.25, 0.3) is 0 Å². The lowest BCUT2D eigenvalue weighted by atomic mass is 9.78. The van der Waals surface area contributed by atoms with E-state index in [0.717, 1.165) is 19.0 Å². The third-order valence-corrected chi connectivity index (χ3v) is 6.09. The van der Waals surface area contributed by atoms with Crippen LogP contribution in [0.15, 0.2) is 4.99 Å². The van der Waals surface area contributed by atoms with Crippen molar-refractivity contribution in [2.45, 2.75) is 77.9 Å². The van der Waals surface area contributed by atoms with Gasteiger partial charge in [-0.15, -0.1) is 0 Å². The molecule has 1 aliphatic carbocycles. The van der Waals surface area contributed by atoms with Crippen LogP contribution in [0, 0.1) is 5.92 Å². The zero-order chi connectivity index (χ0) is 15.5. The van der Waals surface area contributed by atoms with E-state index in [-0.39, 0.29) is 0 Å². The van der Waals surface area contributed by atoms with Gasteiger partial charge in [0.25, 0.3) is 0 Å².